The van der Waals surface area contributed by atoms with E-state index >= 15 is 0 Å². The molecule has 2 rings (SSSR count). The van der Waals surface area contributed by atoms with Crippen molar-refractivity contribution in [1.82, 2.24) is 9.55 Å². The normalized spacial score (nSPS) is 23.4. The molecule has 1 aromatic heterocycles. The van der Waals surface area contributed by atoms with E-state index in [-0.39, 0.29) is 16.2 Å². The number of nitrogens with zero attached hydrogens (tertiary/aromatic N) is 1. The Morgan fingerprint density at radius 2 is 1.61 bits per heavy atom. The van der Waals surface area contributed by atoms with Gasteiger partial charge in [0.15, 0.2) is 22.9 Å². The second kappa shape index (κ2) is 8.59. The largest absolute Gasteiger partial charge is 0.414 e. The second-order valence-electron chi connectivity index (χ2n) is 11.5. The van der Waals surface area contributed by atoms with Crippen LogP contribution < -0.4 is 11.2 Å². The van der Waals surface area contributed by atoms with Gasteiger partial charge in [0.05, 0.1) is 12.7 Å². The van der Waals surface area contributed by atoms with Crippen LogP contribution in [0.1, 0.15) is 47.8 Å². The van der Waals surface area contributed by atoms with E-state index in [1.165, 1.54) is 16.8 Å². The van der Waals surface area contributed by atoms with Gasteiger partial charge >= 0.3 is 5.69 Å². The predicted octanol–water partition coefficient (Wildman–Crippen LogP) is 4.40. The molecule has 0 radical (unpaired) electrons. The minimum atomic E-state index is -2.15. The Kier molecular flexibility index (Phi) is 7.20. The molecule has 1 fully saturated rings. The van der Waals surface area contributed by atoms with E-state index in [0.29, 0.717) is 12.2 Å². The van der Waals surface area contributed by atoms with Crippen molar-refractivity contribution in [2.24, 2.45) is 0 Å². The molecule has 1 aromatic rings. The van der Waals surface area contributed by atoms with Gasteiger partial charge in [-0.05, 0) is 36.3 Å². The Morgan fingerprint density at radius 1 is 1.06 bits per heavy atom. The number of ether oxygens (including phenoxy) is 1. The fraction of sp³-hybridized carbons (Fsp3) is 0.727. The van der Waals surface area contributed by atoms with Crippen molar-refractivity contribution in [2.75, 3.05) is 6.61 Å². The lowest BCUT2D eigenvalue weighted by molar-refractivity contribution is -0.0396. The molecule has 1 aliphatic heterocycles. The smallest absolute Gasteiger partial charge is 0.330 e. The molecule has 0 saturated carbocycles. The van der Waals surface area contributed by atoms with Crippen LogP contribution in [0.2, 0.25) is 36.3 Å². The molecule has 9 heteroatoms. The third kappa shape index (κ3) is 5.57. The van der Waals surface area contributed by atoms with E-state index in [4.69, 9.17) is 13.6 Å². The Labute approximate surface area is 188 Å². The Morgan fingerprint density at radius 3 is 2.10 bits per heavy atom. The standard InChI is InChI=1S/C22H40N2O5Si2/c1-15-18(29-31(10,11)22(5,6)7)16(14-27-30(8,9)21(2,3)4)28-19(15)24-13-12-17(25)23-20(24)26/h12-13,16,18-19H,1,14H2,2-11H3,(H,23,25,26)/t16-,18?,19-/m1/s1. The summed E-state index contributed by atoms with van der Waals surface area (Å²) in [6, 6.07) is 1.31. The fourth-order valence-electron chi connectivity index (χ4n) is 2.84. The first kappa shape index (κ1) is 26.0. The van der Waals surface area contributed by atoms with Crippen LogP contribution in [0.15, 0.2) is 34.0 Å². The molecular formula is C22H40N2O5Si2. The average Bonchev–Trinajstić information content (AvgIpc) is 2.87. The zero-order chi connectivity index (χ0) is 24.0. The number of aromatic nitrogens is 2. The van der Waals surface area contributed by atoms with Crippen molar-refractivity contribution >= 4 is 16.6 Å². The van der Waals surface area contributed by atoms with Crippen LogP contribution in [-0.2, 0) is 13.6 Å². The number of hydrogen-bond donors (Lipinski definition) is 1. The number of nitrogens with one attached hydrogen (secondary N) is 1. The molecule has 2 heterocycles. The van der Waals surface area contributed by atoms with Crippen molar-refractivity contribution < 1.29 is 13.6 Å². The van der Waals surface area contributed by atoms with Gasteiger partial charge in [-0.15, -0.1) is 0 Å². The van der Waals surface area contributed by atoms with Crippen LogP contribution in [0.5, 0.6) is 0 Å². The second-order valence-corrected chi connectivity index (χ2v) is 21.1. The van der Waals surface area contributed by atoms with Crippen LogP contribution in [0.25, 0.3) is 0 Å². The van der Waals surface area contributed by atoms with Crippen LogP contribution in [0.3, 0.4) is 0 Å². The minimum Gasteiger partial charge on any atom is -0.414 e. The Hall–Kier alpha value is -1.27. The monoisotopic (exact) mass is 468 g/mol. The lowest BCUT2D eigenvalue weighted by Gasteiger charge is -2.40. The maximum absolute atomic E-state index is 12.4. The third-order valence-corrected chi connectivity index (χ3v) is 16.0. The highest BCUT2D eigenvalue weighted by molar-refractivity contribution is 6.74. The summed E-state index contributed by atoms with van der Waals surface area (Å²) in [5.74, 6) is 0. The number of H-pyrrole nitrogens is 1. The summed E-state index contributed by atoms with van der Waals surface area (Å²) in [6.07, 6.45) is -0.0569. The fourth-order valence-corrected chi connectivity index (χ4v) is 5.14. The van der Waals surface area contributed by atoms with Crippen molar-refractivity contribution in [3.05, 3.63) is 45.3 Å². The molecule has 31 heavy (non-hydrogen) atoms. The van der Waals surface area contributed by atoms with Gasteiger partial charge in [-0.1, -0.05) is 48.1 Å². The molecule has 1 N–H and O–H groups in total. The highest BCUT2D eigenvalue weighted by Gasteiger charge is 2.48. The van der Waals surface area contributed by atoms with Gasteiger partial charge < -0.3 is 13.6 Å². The maximum atomic E-state index is 12.4. The van der Waals surface area contributed by atoms with Gasteiger partial charge in [-0.3, -0.25) is 14.3 Å². The summed E-state index contributed by atoms with van der Waals surface area (Å²) in [5, 5.41) is 0.0681. The molecule has 1 saturated heterocycles. The van der Waals surface area contributed by atoms with Gasteiger partial charge in [0.2, 0.25) is 0 Å². The number of rotatable bonds is 6. The topological polar surface area (TPSA) is 82.6 Å². The Bertz CT molecular complexity index is 921. The van der Waals surface area contributed by atoms with Gasteiger partial charge in [0.1, 0.15) is 6.10 Å². The van der Waals surface area contributed by atoms with Gasteiger partial charge in [-0.25, -0.2) is 4.79 Å². The first-order valence-corrected chi connectivity index (χ1v) is 16.7. The summed E-state index contributed by atoms with van der Waals surface area (Å²) in [5.41, 5.74) is -0.310. The lowest BCUT2D eigenvalue weighted by atomic mass is 10.1. The quantitative estimate of drug-likeness (QED) is 0.494. The van der Waals surface area contributed by atoms with E-state index in [9.17, 15) is 9.59 Å². The van der Waals surface area contributed by atoms with E-state index in [1.54, 1.807) is 0 Å². The molecule has 0 aliphatic carbocycles. The van der Waals surface area contributed by atoms with Crippen molar-refractivity contribution in [3.63, 3.8) is 0 Å². The predicted molar refractivity (Wildman–Crippen MR) is 130 cm³/mol. The minimum absolute atomic E-state index is 0.00499. The van der Waals surface area contributed by atoms with E-state index in [2.05, 4.69) is 79.3 Å². The maximum Gasteiger partial charge on any atom is 0.330 e. The SMILES string of the molecule is C=C1C(O[Si](C)(C)C(C)(C)C)[C@@H](CO[Si](C)(C)C(C)(C)C)O[C@H]1n1ccc(=O)[nH]c1=O. The van der Waals surface area contributed by atoms with Crippen molar-refractivity contribution in [3.8, 4) is 0 Å². The molecule has 176 valence electrons. The summed E-state index contributed by atoms with van der Waals surface area (Å²) >= 11 is 0. The van der Waals surface area contributed by atoms with Crippen LogP contribution >= 0.6 is 0 Å². The van der Waals surface area contributed by atoms with E-state index < -0.39 is 40.2 Å². The molecule has 1 unspecified atom stereocenters. The van der Waals surface area contributed by atoms with E-state index in [0.717, 1.165) is 0 Å². The van der Waals surface area contributed by atoms with Crippen LogP contribution in [0.4, 0.5) is 0 Å². The van der Waals surface area contributed by atoms with Gasteiger partial charge in [-0.2, -0.15) is 0 Å². The third-order valence-electron chi connectivity index (χ3n) is 7.07. The van der Waals surface area contributed by atoms with Crippen molar-refractivity contribution in [1.29, 1.82) is 0 Å². The number of hydrogen-bond acceptors (Lipinski definition) is 5. The first-order chi connectivity index (χ1) is 13.9. The Balaban J connectivity index is 2.38. The first-order valence-electron chi connectivity index (χ1n) is 10.8. The summed E-state index contributed by atoms with van der Waals surface area (Å²) in [4.78, 5) is 26.2. The lowest BCUT2D eigenvalue weighted by Crippen LogP contribution is -2.48. The molecule has 0 amide bonds. The molecule has 0 aromatic carbocycles. The highest BCUT2D eigenvalue weighted by Crippen LogP contribution is 2.43. The average molecular weight is 469 g/mol. The summed E-state index contributed by atoms with van der Waals surface area (Å²) in [6.45, 7) is 26.5. The molecule has 7 nitrogen and oxygen atoms in total. The van der Waals surface area contributed by atoms with Gasteiger partial charge in [0.25, 0.3) is 5.56 Å². The van der Waals surface area contributed by atoms with Crippen LogP contribution in [0, 0.1) is 0 Å². The molecule has 1 aliphatic rings. The summed E-state index contributed by atoms with van der Waals surface area (Å²) in [7, 11) is -4.16. The molecule has 3 atom stereocenters. The van der Waals surface area contributed by atoms with Gasteiger partial charge in [0, 0.05) is 17.8 Å². The molecule has 0 spiro atoms. The zero-order valence-corrected chi connectivity index (χ0v) is 22.8. The molecular weight excluding hydrogens is 428 g/mol. The van der Waals surface area contributed by atoms with Crippen LogP contribution in [-0.4, -0.2) is 45.0 Å². The van der Waals surface area contributed by atoms with E-state index in [1.807, 2.05) is 0 Å². The highest BCUT2D eigenvalue weighted by atomic mass is 28.4. The zero-order valence-electron chi connectivity index (χ0n) is 20.8. The summed E-state index contributed by atoms with van der Waals surface area (Å²) < 4.78 is 20.8. The van der Waals surface area contributed by atoms with Crippen molar-refractivity contribution in [2.45, 2.75) is 96.2 Å². The number of aromatic amines is 1. The molecule has 0 bridgehead atoms.